The van der Waals surface area contributed by atoms with Gasteiger partial charge in [-0.15, -0.1) is 0 Å². The highest BCUT2D eigenvalue weighted by Gasteiger charge is 2.24. The zero-order valence-electron chi connectivity index (χ0n) is 13.0. The lowest BCUT2D eigenvalue weighted by molar-refractivity contribution is -0.121. The van der Waals surface area contributed by atoms with Gasteiger partial charge in [0.1, 0.15) is 5.82 Å². The van der Waals surface area contributed by atoms with Gasteiger partial charge < -0.3 is 4.90 Å². The average molecular weight is 314 g/mol. The van der Waals surface area contributed by atoms with Crippen molar-refractivity contribution in [3.05, 3.63) is 54.1 Å². The second-order valence-corrected chi connectivity index (χ2v) is 5.61. The molecule has 1 aliphatic heterocycles. The first-order valence-electron chi connectivity index (χ1n) is 7.55. The number of carbonyl (C=O) groups is 1. The molecule has 2 aromatic rings. The Hall–Kier alpha value is -2.47. The number of piperazine rings is 1. The number of aromatic nitrogens is 2. The molecule has 1 saturated heterocycles. The van der Waals surface area contributed by atoms with E-state index in [2.05, 4.69) is 10.00 Å². The number of nitrogens with zero attached hydrogens (tertiary/aromatic N) is 4. The summed E-state index contributed by atoms with van der Waals surface area (Å²) >= 11 is 0. The van der Waals surface area contributed by atoms with Gasteiger partial charge in [0.15, 0.2) is 0 Å². The van der Waals surface area contributed by atoms with Gasteiger partial charge in [0.25, 0.3) is 0 Å². The fourth-order valence-electron chi connectivity index (χ4n) is 2.61. The van der Waals surface area contributed by atoms with Crippen LogP contribution in [0.1, 0.15) is 5.56 Å². The molecular formula is C17H19FN4O. The summed E-state index contributed by atoms with van der Waals surface area (Å²) in [6, 6.07) is 6.35. The van der Waals surface area contributed by atoms with Crippen molar-refractivity contribution in [3.63, 3.8) is 0 Å². The zero-order chi connectivity index (χ0) is 16.2. The lowest BCUT2D eigenvalue weighted by Gasteiger charge is -2.32. The first-order valence-corrected chi connectivity index (χ1v) is 7.55. The molecule has 120 valence electrons. The Balaban J connectivity index is 1.53. The molecule has 1 amide bonds. The first-order chi connectivity index (χ1) is 11.1. The third-order valence-corrected chi connectivity index (χ3v) is 3.85. The number of carbonyl (C=O) groups excluding carboxylic acids is 1. The summed E-state index contributed by atoms with van der Waals surface area (Å²) in [5.74, 6) is -0.154. The summed E-state index contributed by atoms with van der Waals surface area (Å²) < 4.78 is 14.5. The van der Waals surface area contributed by atoms with Crippen LogP contribution in [0.2, 0.25) is 0 Å². The molecule has 3 rings (SSSR count). The Morgan fingerprint density at radius 2 is 2.04 bits per heavy atom. The number of anilines is 1. The minimum absolute atomic E-state index is 0.0828. The van der Waals surface area contributed by atoms with E-state index in [1.165, 1.54) is 12.1 Å². The highest BCUT2D eigenvalue weighted by atomic mass is 19.1. The van der Waals surface area contributed by atoms with Crippen LogP contribution in [-0.4, -0.2) is 46.8 Å². The van der Waals surface area contributed by atoms with E-state index in [-0.39, 0.29) is 11.7 Å². The molecule has 23 heavy (non-hydrogen) atoms. The maximum absolute atomic E-state index is 12.8. The van der Waals surface area contributed by atoms with Crippen LogP contribution < -0.4 is 4.90 Å². The third kappa shape index (κ3) is 3.84. The Kier molecular flexibility index (Phi) is 4.52. The quantitative estimate of drug-likeness (QED) is 0.866. The summed E-state index contributed by atoms with van der Waals surface area (Å²) in [5, 5.41) is 4.11. The molecule has 0 aliphatic carbocycles. The van der Waals surface area contributed by atoms with Gasteiger partial charge in [-0.3, -0.25) is 14.4 Å². The molecule has 2 heterocycles. The van der Waals surface area contributed by atoms with E-state index in [1.807, 2.05) is 25.4 Å². The lowest BCUT2D eigenvalue weighted by Crippen LogP contribution is -2.50. The Morgan fingerprint density at radius 3 is 2.70 bits per heavy atom. The van der Waals surface area contributed by atoms with Crippen molar-refractivity contribution < 1.29 is 9.18 Å². The lowest BCUT2D eigenvalue weighted by atomic mass is 10.2. The molecule has 0 N–H and O–H groups in total. The number of amides is 1. The maximum Gasteiger partial charge on any atom is 0.241 e. The van der Waals surface area contributed by atoms with Crippen molar-refractivity contribution in [3.8, 4) is 0 Å². The summed E-state index contributed by atoms with van der Waals surface area (Å²) in [4.78, 5) is 16.1. The van der Waals surface area contributed by atoms with E-state index in [0.29, 0.717) is 19.6 Å². The fourth-order valence-corrected chi connectivity index (χ4v) is 2.61. The molecule has 0 unspecified atom stereocenters. The van der Waals surface area contributed by atoms with Crippen LogP contribution in [0, 0.1) is 5.82 Å². The van der Waals surface area contributed by atoms with E-state index in [1.54, 1.807) is 27.9 Å². The SMILES string of the molecule is Cn1cc(N2CCN(CC=Cc3ccc(F)cc3)CC2=O)cn1. The van der Waals surface area contributed by atoms with Gasteiger partial charge >= 0.3 is 0 Å². The number of benzene rings is 1. The highest BCUT2D eigenvalue weighted by molar-refractivity contribution is 5.95. The van der Waals surface area contributed by atoms with Crippen LogP contribution in [0.15, 0.2) is 42.7 Å². The summed E-state index contributed by atoms with van der Waals surface area (Å²) in [6.07, 6.45) is 7.50. The van der Waals surface area contributed by atoms with Crippen molar-refractivity contribution in [2.24, 2.45) is 7.05 Å². The largest absolute Gasteiger partial charge is 0.307 e. The molecule has 1 fully saturated rings. The fraction of sp³-hybridized carbons (Fsp3) is 0.294. The van der Waals surface area contributed by atoms with Crippen LogP contribution >= 0.6 is 0 Å². The number of halogens is 1. The molecule has 6 heteroatoms. The van der Waals surface area contributed by atoms with Crippen LogP contribution in [0.4, 0.5) is 10.1 Å². The smallest absolute Gasteiger partial charge is 0.241 e. The molecule has 1 aromatic heterocycles. The molecule has 0 atom stereocenters. The van der Waals surface area contributed by atoms with Crippen molar-refractivity contribution in [1.82, 2.24) is 14.7 Å². The van der Waals surface area contributed by atoms with E-state index in [9.17, 15) is 9.18 Å². The van der Waals surface area contributed by atoms with Crippen LogP contribution in [0.25, 0.3) is 6.08 Å². The molecule has 0 saturated carbocycles. The summed E-state index contributed by atoms with van der Waals surface area (Å²) in [7, 11) is 1.84. The second kappa shape index (κ2) is 6.75. The minimum atomic E-state index is -0.237. The summed E-state index contributed by atoms with van der Waals surface area (Å²) in [5.41, 5.74) is 1.80. The van der Waals surface area contributed by atoms with Crippen LogP contribution in [-0.2, 0) is 11.8 Å². The predicted octanol–water partition coefficient (Wildman–Crippen LogP) is 1.92. The minimum Gasteiger partial charge on any atom is -0.307 e. The van der Waals surface area contributed by atoms with Gasteiger partial charge in [0.05, 0.1) is 18.4 Å². The Morgan fingerprint density at radius 1 is 1.26 bits per heavy atom. The number of rotatable bonds is 4. The summed E-state index contributed by atoms with van der Waals surface area (Å²) in [6.45, 7) is 2.57. The molecule has 1 aromatic carbocycles. The highest BCUT2D eigenvalue weighted by Crippen LogP contribution is 2.16. The number of hydrogen-bond donors (Lipinski definition) is 0. The van der Waals surface area contributed by atoms with Crippen molar-refractivity contribution in [2.75, 3.05) is 31.1 Å². The Bertz CT molecular complexity index is 708. The third-order valence-electron chi connectivity index (χ3n) is 3.85. The van der Waals surface area contributed by atoms with Crippen molar-refractivity contribution >= 4 is 17.7 Å². The molecule has 0 bridgehead atoms. The van der Waals surface area contributed by atoms with Gasteiger partial charge in [0.2, 0.25) is 5.91 Å². The molecule has 0 spiro atoms. The van der Waals surface area contributed by atoms with E-state index in [0.717, 1.165) is 17.8 Å². The molecule has 0 radical (unpaired) electrons. The average Bonchev–Trinajstić information content (AvgIpc) is 2.96. The zero-order valence-corrected chi connectivity index (χ0v) is 13.0. The predicted molar refractivity (Wildman–Crippen MR) is 87.4 cm³/mol. The normalized spacial score (nSPS) is 16.4. The van der Waals surface area contributed by atoms with Gasteiger partial charge in [-0.25, -0.2) is 4.39 Å². The molecule has 1 aliphatic rings. The molecule has 5 nitrogen and oxygen atoms in total. The Labute approximate surface area is 134 Å². The van der Waals surface area contributed by atoms with E-state index in [4.69, 9.17) is 0 Å². The van der Waals surface area contributed by atoms with Gasteiger partial charge in [-0.1, -0.05) is 24.3 Å². The first kappa shape index (κ1) is 15.4. The van der Waals surface area contributed by atoms with E-state index >= 15 is 0 Å². The van der Waals surface area contributed by atoms with Crippen LogP contribution in [0.5, 0.6) is 0 Å². The van der Waals surface area contributed by atoms with Crippen LogP contribution in [0.3, 0.4) is 0 Å². The monoisotopic (exact) mass is 314 g/mol. The number of hydrogen-bond acceptors (Lipinski definition) is 3. The number of aryl methyl sites for hydroxylation is 1. The van der Waals surface area contributed by atoms with E-state index < -0.39 is 0 Å². The maximum atomic E-state index is 12.8. The topological polar surface area (TPSA) is 41.4 Å². The van der Waals surface area contributed by atoms with Gasteiger partial charge in [-0.2, -0.15) is 5.10 Å². The van der Waals surface area contributed by atoms with Gasteiger partial charge in [0, 0.05) is 32.9 Å². The standard InChI is InChI=1S/C17H19FN4O/c1-20-12-16(11-19-20)22-10-9-21(13-17(22)23)8-2-3-14-4-6-15(18)7-5-14/h2-7,11-12H,8-10,13H2,1H3. The van der Waals surface area contributed by atoms with Crippen molar-refractivity contribution in [2.45, 2.75) is 0 Å². The second-order valence-electron chi connectivity index (χ2n) is 5.61. The van der Waals surface area contributed by atoms with Crippen molar-refractivity contribution in [1.29, 1.82) is 0 Å². The van der Waals surface area contributed by atoms with Gasteiger partial charge in [-0.05, 0) is 17.7 Å². The molecular weight excluding hydrogens is 295 g/mol.